The monoisotopic (exact) mass is 409 g/mol. The molecule has 30 heavy (non-hydrogen) atoms. The number of hydrogen-bond donors (Lipinski definition) is 0. The number of benzene rings is 2. The first-order valence-electron chi connectivity index (χ1n) is 9.72. The fourth-order valence-corrected chi connectivity index (χ4v) is 3.81. The molecule has 0 aromatic heterocycles. The van der Waals surface area contributed by atoms with Crippen molar-refractivity contribution in [3.63, 3.8) is 0 Å². The number of para-hydroxylation sites is 1. The third kappa shape index (κ3) is 4.17. The number of anilines is 1. The number of carbonyl (C=O) groups excluding carboxylic acids is 2. The van der Waals surface area contributed by atoms with Gasteiger partial charge in [-0.05, 0) is 29.3 Å². The Labute approximate surface area is 177 Å². The fourth-order valence-electron chi connectivity index (χ4n) is 3.81. The topological polar surface area (TPSA) is 65.1 Å². The molecule has 0 unspecified atom stereocenters. The molecule has 1 heterocycles. The van der Waals surface area contributed by atoms with Crippen LogP contribution in [0.15, 0.2) is 54.2 Å². The van der Waals surface area contributed by atoms with Crippen LogP contribution in [-0.4, -0.2) is 39.6 Å². The highest BCUT2D eigenvalue weighted by Crippen LogP contribution is 2.46. The van der Waals surface area contributed by atoms with Crippen molar-refractivity contribution < 1.29 is 23.8 Å². The van der Waals surface area contributed by atoms with Crippen LogP contribution in [0.4, 0.5) is 5.69 Å². The van der Waals surface area contributed by atoms with E-state index >= 15 is 0 Å². The molecule has 0 amide bonds. The van der Waals surface area contributed by atoms with Gasteiger partial charge in [-0.25, -0.2) is 0 Å². The zero-order valence-electron chi connectivity index (χ0n) is 18.0. The van der Waals surface area contributed by atoms with Crippen LogP contribution in [0.25, 0.3) is 0 Å². The molecule has 0 saturated carbocycles. The molecule has 0 atom stereocenters. The third-order valence-electron chi connectivity index (χ3n) is 5.41. The Morgan fingerprint density at radius 1 is 1.03 bits per heavy atom. The van der Waals surface area contributed by atoms with Gasteiger partial charge in [0.1, 0.15) is 0 Å². The molecular formula is C24H27NO5. The van der Waals surface area contributed by atoms with Gasteiger partial charge in [0.25, 0.3) is 0 Å². The molecule has 1 aliphatic rings. The molecule has 2 aromatic rings. The van der Waals surface area contributed by atoms with Gasteiger partial charge in [-0.2, -0.15) is 0 Å². The van der Waals surface area contributed by atoms with Gasteiger partial charge in [0.2, 0.25) is 0 Å². The van der Waals surface area contributed by atoms with Crippen LogP contribution in [0.3, 0.4) is 0 Å². The number of ketones is 1. The predicted octanol–water partition coefficient (Wildman–Crippen LogP) is 3.67. The van der Waals surface area contributed by atoms with Gasteiger partial charge in [0.15, 0.2) is 23.9 Å². The Kier molecular flexibility index (Phi) is 6.15. The highest BCUT2D eigenvalue weighted by atomic mass is 16.5. The number of methoxy groups -OCH3 is 2. The van der Waals surface area contributed by atoms with Gasteiger partial charge < -0.3 is 19.1 Å². The Bertz CT molecular complexity index is 993. The lowest BCUT2D eigenvalue weighted by molar-refractivity contribution is -0.146. The molecule has 2 aromatic carbocycles. The van der Waals surface area contributed by atoms with Crippen molar-refractivity contribution in [2.75, 3.05) is 32.8 Å². The number of likely N-dealkylation sites (N-methyl/N-ethyl adjacent to an activating group) is 1. The van der Waals surface area contributed by atoms with Crippen LogP contribution < -0.4 is 14.4 Å². The van der Waals surface area contributed by atoms with Crippen molar-refractivity contribution >= 4 is 17.4 Å². The van der Waals surface area contributed by atoms with E-state index in [0.717, 1.165) is 22.5 Å². The average molecular weight is 409 g/mol. The van der Waals surface area contributed by atoms with Crippen LogP contribution in [0.2, 0.25) is 0 Å². The highest BCUT2D eigenvalue weighted by Gasteiger charge is 2.38. The zero-order valence-corrected chi connectivity index (χ0v) is 18.0. The average Bonchev–Trinajstić information content (AvgIpc) is 2.93. The van der Waals surface area contributed by atoms with E-state index in [9.17, 15) is 9.59 Å². The maximum Gasteiger partial charge on any atom is 0.310 e. The van der Waals surface area contributed by atoms with Gasteiger partial charge >= 0.3 is 5.97 Å². The second-order valence-corrected chi connectivity index (χ2v) is 7.72. The maximum atomic E-state index is 12.5. The number of esters is 1. The summed E-state index contributed by atoms with van der Waals surface area (Å²) >= 11 is 0. The molecule has 0 radical (unpaired) electrons. The third-order valence-corrected chi connectivity index (χ3v) is 5.41. The summed E-state index contributed by atoms with van der Waals surface area (Å²) in [7, 11) is 5.02. The SMILES string of the molecule is COc1ccc(CC(=O)OCC(=O)/C=C2\N(C)c3ccccc3C2(C)C)cc1OC. The minimum Gasteiger partial charge on any atom is -0.493 e. The Morgan fingerprint density at radius 3 is 2.40 bits per heavy atom. The summed E-state index contributed by atoms with van der Waals surface area (Å²) in [5.41, 5.74) is 3.54. The van der Waals surface area contributed by atoms with Crippen LogP contribution >= 0.6 is 0 Å². The Hall–Kier alpha value is -3.28. The first kappa shape index (κ1) is 21.4. The smallest absolute Gasteiger partial charge is 0.310 e. The summed E-state index contributed by atoms with van der Waals surface area (Å²) < 4.78 is 15.6. The number of allylic oxidation sites excluding steroid dienone is 1. The molecule has 0 fully saturated rings. The number of nitrogens with zero attached hydrogens (tertiary/aromatic N) is 1. The molecule has 0 saturated heterocycles. The normalized spacial score (nSPS) is 15.6. The fraction of sp³-hybridized carbons (Fsp3) is 0.333. The maximum absolute atomic E-state index is 12.5. The first-order chi connectivity index (χ1) is 14.3. The molecule has 0 aliphatic carbocycles. The molecule has 0 N–H and O–H groups in total. The molecule has 3 rings (SSSR count). The van der Waals surface area contributed by atoms with Gasteiger partial charge in [-0.3, -0.25) is 9.59 Å². The summed E-state index contributed by atoms with van der Waals surface area (Å²) in [6.45, 7) is 3.87. The predicted molar refractivity (Wildman–Crippen MR) is 115 cm³/mol. The van der Waals surface area contributed by atoms with E-state index in [1.165, 1.54) is 7.11 Å². The lowest BCUT2D eigenvalue weighted by atomic mass is 9.83. The molecule has 1 aliphatic heterocycles. The van der Waals surface area contributed by atoms with Crippen molar-refractivity contribution in [3.05, 3.63) is 65.4 Å². The molecule has 6 nitrogen and oxygen atoms in total. The summed E-state index contributed by atoms with van der Waals surface area (Å²) in [6, 6.07) is 13.3. The minimum absolute atomic E-state index is 0.0427. The lowest BCUT2D eigenvalue weighted by Gasteiger charge is -2.23. The summed E-state index contributed by atoms with van der Waals surface area (Å²) in [5.74, 6) is 0.394. The van der Waals surface area contributed by atoms with Crippen molar-refractivity contribution in [2.24, 2.45) is 0 Å². The van der Waals surface area contributed by atoms with Crippen LogP contribution in [0, 0.1) is 0 Å². The van der Waals surface area contributed by atoms with Crippen molar-refractivity contribution in [1.82, 2.24) is 0 Å². The van der Waals surface area contributed by atoms with Crippen LogP contribution in [0.5, 0.6) is 11.5 Å². The van der Waals surface area contributed by atoms with E-state index in [-0.39, 0.29) is 24.2 Å². The molecule has 6 heteroatoms. The van der Waals surface area contributed by atoms with Crippen molar-refractivity contribution in [1.29, 1.82) is 0 Å². The van der Waals surface area contributed by atoms with E-state index < -0.39 is 5.97 Å². The van der Waals surface area contributed by atoms with Crippen molar-refractivity contribution in [3.8, 4) is 11.5 Å². The van der Waals surface area contributed by atoms with E-state index in [4.69, 9.17) is 14.2 Å². The minimum atomic E-state index is -0.476. The molecule has 158 valence electrons. The molecule has 0 spiro atoms. The Morgan fingerprint density at radius 2 is 1.73 bits per heavy atom. The van der Waals surface area contributed by atoms with Crippen LogP contribution in [-0.2, 0) is 26.2 Å². The summed E-state index contributed by atoms with van der Waals surface area (Å²) in [4.78, 5) is 26.7. The highest BCUT2D eigenvalue weighted by molar-refractivity contribution is 5.94. The van der Waals surface area contributed by atoms with Gasteiger partial charge in [0.05, 0.1) is 20.6 Å². The standard InChI is InChI=1S/C24H27NO5/c1-24(2)18-8-6-7-9-19(18)25(3)22(24)14-17(26)15-30-23(27)13-16-10-11-20(28-4)21(12-16)29-5/h6-12,14H,13,15H2,1-5H3/b22-14-. The van der Waals surface area contributed by atoms with E-state index in [1.807, 2.05) is 30.1 Å². The largest absolute Gasteiger partial charge is 0.493 e. The van der Waals surface area contributed by atoms with Gasteiger partial charge in [-0.1, -0.05) is 38.1 Å². The summed E-state index contributed by atoms with van der Waals surface area (Å²) in [6.07, 6.45) is 1.62. The summed E-state index contributed by atoms with van der Waals surface area (Å²) in [5, 5.41) is 0. The second kappa shape index (κ2) is 8.61. The number of hydrogen-bond acceptors (Lipinski definition) is 6. The quantitative estimate of drug-likeness (QED) is 0.514. The zero-order chi connectivity index (χ0) is 21.9. The van der Waals surface area contributed by atoms with E-state index in [0.29, 0.717) is 11.5 Å². The second-order valence-electron chi connectivity index (χ2n) is 7.72. The number of carbonyl (C=O) groups is 2. The van der Waals surface area contributed by atoms with Gasteiger partial charge in [0, 0.05) is 29.9 Å². The van der Waals surface area contributed by atoms with Gasteiger partial charge in [-0.15, -0.1) is 0 Å². The van der Waals surface area contributed by atoms with E-state index in [1.54, 1.807) is 31.4 Å². The first-order valence-corrected chi connectivity index (χ1v) is 9.72. The van der Waals surface area contributed by atoms with Crippen molar-refractivity contribution in [2.45, 2.75) is 25.7 Å². The number of ether oxygens (including phenoxy) is 3. The van der Waals surface area contributed by atoms with E-state index in [2.05, 4.69) is 19.9 Å². The molecule has 0 bridgehead atoms. The number of fused-ring (bicyclic) bond motifs is 1. The molecular weight excluding hydrogens is 382 g/mol. The Balaban J connectivity index is 1.63. The number of rotatable bonds is 7. The lowest BCUT2D eigenvalue weighted by Crippen LogP contribution is -2.25. The van der Waals surface area contributed by atoms with Crippen LogP contribution in [0.1, 0.15) is 25.0 Å².